The van der Waals surface area contributed by atoms with Crippen molar-refractivity contribution in [1.82, 2.24) is 4.90 Å². The van der Waals surface area contributed by atoms with Crippen LogP contribution in [0.15, 0.2) is 0 Å². The van der Waals surface area contributed by atoms with Crippen LogP contribution >= 0.6 is 0 Å². The van der Waals surface area contributed by atoms with Crippen molar-refractivity contribution in [2.75, 3.05) is 19.7 Å². The van der Waals surface area contributed by atoms with Crippen LogP contribution in [0.3, 0.4) is 0 Å². The lowest BCUT2D eigenvalue weighted by molar-refractivity contribution is -0.140. The first-order chi connectivity index (χ1) is 8.40. The van der Waals surface area contributed by atoms with Gasteiger partial charge in [0.2, 0.25) is 0 Å². The second-order valence-electron chi connectivity index (χ2n) is 6.05. The number of hydrogen-bond acceptors (Lipinski definition) is 3. The highest BCUT2D eigenvalue weighted by molar-refractivity contribution is 5.69. The Morgan fingerprint density at radius 3 is 2.56 bits per heavy atom. The molecule has 1 N–H and O–H groups in total. The molecule has 2 atom stereocenters. The van der Waals surface area contributed by atoms with Crippen molar-refractivity contribution in [2.24, 2.45) is 11.8 Å². The van der Waals surface area contributed by atoms with Crippen LogP contribution in [0.4, 0.5) is 0 Å². The maximum atomic E-state index is 11.0. The minimum Gasteiger partial charge on any atom is -0.480 e. The Hall–Kier alpha value is -0.610. The molecule has 0 saturated carbocycles. The summed E-state index contributed by atoms with van der Waals surface area (Å²) in [6, 6.07) is 0.352. The van der Waals surface area contributed by atoms with E-state index in [1.54, 1.807) is 0 Å². The summed E-state index contributed by atoms with van der Waals surface area (Å²) in [5.74, 6) is 0.256. The van der Waals surface area contributed by atoms with E-state index >= 15 is 0 Å². The summed E-state index contributed by atoms with van der Waals surface area (Å²) in [5, 5.41) is 9.03. The first-order valence-corrected chi connectivity index (χ1v) is 6.97. The van der Waals surface area contributed by atoms with Crippen molar-refractivity contribution in [3.63, 3.8) is 0 Å². The summed E-state index contributed by atoms with van der Waals surface area (Å²) in [4.78, 5) is 13.1. The van der Waals surface area contributed by atoms with Crippen molar-refractivity contribution in [3.8, 4) is 0 Å². The standard InChI is InChI=1S/C14H27NO3/c1-10(2)8-15(9-14(16)17)12-5-6-18-13(7-12)11(3)4/h10-13H,5-9H2,1-4H3,(H,16,17). The van der Waals surface area contributed by atoms with Gasteiger partial charge in [0.05, 0.1) is 12.6 Å². The number of nitrogens with zero attached hydrogens (tertiary/aromatic N) is 1. The molecule has 1 aliphatic heterocycles. The molecule has 0 aromatic rings. The van der Waals surface area contributed by atoms with Crippen LogP contribution < -0.4 is 0 Å². The van der Waals surface area contributed by atoms with E-state index in [9.17, 15) is 4.79 Å². The molecule has 1 saturated heterocycles. The maximum Gasteiger partial charge on any atom is 0.317 e. The first-order valence-electron chi connectivity index (χ1n) is 6.97. The highest BCUT2D eigenvalue weighted by Gasteiger charge is 2.30. The smallest absolute Gasteiger partial charge is 0.317 e. The third-order valence-electron chi connectivity index (χ3n) is 3.49. The Morgan fingerprint density at radius 1 is 1.39 bits per heavy atom. The fraction of sp³-hybridized carbons (Fsp3) is 0.929. The second kappa shape index (κ2) is 7.10. The average molecular weight is 257 g/mol. The van der Waals surface area contributed by atoms with E-state index in [0.29, 0.717) is 17.9 Å². The van der Waals surface area contributed by atoms with Crippen molar-refractivity contribution in [1.29, 1.82) is 0 Å². The first kappa shape index (κ1) is 15.4. The Labute approximate surface area is 110 Å². The van der Waals surface area contributed by atoms with Gasteiger partial charge in [-0.2, -0.15) is 0 Å². The van der Waals surface area contributed by atoms with Crippen LogP contribution in [-0.2, 0) is 9.53 Å². The van der Waals surface area contributed by atoms with Crippen LogP contribution in [0.5, 0.6) is 0 Å². The van der Waals surface area contributed by atoms with E-state index in [1.165, 1.54) is 0 Å². The average Bonchev–Trinajstić information content (AvgIpc) is 2.27. The molecule has 0 aromatic carbocycles. The molecular weight excluding hydrogens is 230 g/mol. The zero-order valence-electron chi connectivity index (χ0n) is 12.1. The Bertz CT molecular complexity index is 266. The molecule has 0 bridgehead atoms. The third-order valence-corrected chi connectivity index (χ3v) is 3.49. The molecule has 18 heavy (non-hydrogen) atoms. The lowest BCUT2D eigenvalue weighted by Gasteiger charge is -2.38. The molecule has 1 fully saturated rings. The van der Waals surface area contributed by atoms with Gasteiger partial charge in [-0.1, -0.05) is 27.7 Å². The maximum absolute atomic E-state index is 11.0. The topological polar surface area (TPSA) is 49.8 Å². The fourth-order valence-corrected chi connectivity index (χ4v) is 2.59. The molecule has 0 amide bonds. The zero-order chi connectivity index (χ0) is 13.7. The lowest BCUT2D eigenvalue weighted by atomic mass is 9.94. The van der Waals surface area contributed by atoms with Gasteiger partial charge in [0.1, 0.15) is 0 Å². The van der Waals surface area contributed by atoms with Gasteiger partial charge in [0.15, 0.2) is 0 Å². The summed E-state index contributed by atoms with van der Waals surface area (Å²) in [7, 11) is 0. The van der Waals surface area contributed by atoms with Gasteiger partial charge in [0.25, 0.3) is 0 Å². The number of hydrogen-bond donors (Lipinski definition) is 1. The molecular formula is C14H27NO3. The number of rotatable bonds is 6. The monoisotopic (exact) mass is 257 g/mol. The number of ether oxygens (including phenoxy) is 1. The largest absolute Gasteiger partial charge is 0.480 e. The predicted molar refractivity (Wildman–Crippen MR) is 71.6 cm³/mol. The van der Waals surface area contributed by atoms with Crippen LogP contribution in [0.25, 0.3) is 0 Å². The van der Waals surface area contributed by atoms with E-state index in [0.717, 1.165) is 26.0 Å². The van der Waals surface area contributed by atoms with E-state index in [4.69, 9.17) is 9.84 Å². The molecule has 0 spiro atoms. The van der Waals surface area contributed by atoms with E-state index in [-0.39, 0.29) is 12.6 Å². The highest BCUT2D eigenvalue weighted by atomic mass is 16.5. The summed E-state index contributed by atoms with van der Waals surface area (Å²) in [6.45, 7) is 10.3. The molecule has 4 nitrogen and oxygen atoms in total. The van der Waals surface area contributed by atoms with Gasteiger partial charge < -0.3 is 9.84 Å². The summed E-state index contributed by atoms with van der Waals surface area (Å²) < 4.78 is 5.76. The summed E-state index contributed by atoms with van der Waals surface area (Å²) >= 11 is 0. The third kappa shape index (κ3) is 4.94. The Morgan fingerprint density at radius 2 is 2.06 bits per heavy atom. The van der Waals surface area contributed by atoms with E-state index in [1.807, 2.05) is 0 Å². The fourth-order valence-electron chi connectivity index (χ4n) is 2.59. The molecule has 0 aliphatic carbocycles. The molecule has 0 radical (unpaired) electrons. The number of carbonyl (C=O) groups is 1. The van der Waals surface area contributed by atoms with Gasteiger partial charge in [-0.25, -0.2) is 0 Å². The SMILES string of the molecule is CC(C)CN(CC(=O)O)C1CCOC(C(C)C)C1. The van der Waals surface area contributed by atoms with E-state index in [2.05, 4.69) is 32.6 Å². The van der Waals surface area contributed by atoms with Crippen molar-refractivity contribution < 1.29 is 14.6 Å². The number of carboxylic acids is 1. The molecule has 1 aliphatic rings. The molecule has 2 unspecified atom stereocenters. The Balaban J connectivity index is 2.62. The van der Waals surface area contributed by atoms with Crippen molar-refractivity contribution in [2.45, 2.75) is 52.7 Å². The summed E-state index contributed by atoms with van der Waals surface area (Å²) in [5.41, 5.74) is 0. The van der Waals surface area contributed by atoms with Crippen LogP contribution in [-0.4, -0.2) is 47.8 Å². The molecule has 0 aromatic heterocycles. The van der Waals surface area contributed by atoms with Gasteiger partial charge in [-0.05, 0) is 24.7 Å². The number of carboxylic acid groups (broad SMARTS) is 1. The van der Waals surface area contributed by atoms with Crippen LogP contribution in [0.1, 0.15) is 40.5 Å². The van der Waals surface area contributed by atoms with Crippen molar-refractivity contribution >= 4 is 5.97 Å². The normalized spacial score (nSPS) is 25.1. The predicted octanol–water partition coefficient (Wildman–Crippen LogP) is 2.23. The molecule has 106 valence electrons. The van der Waals surface area contributed by atoms with E-state index < -0.39 is 5.97 Å². The number of aliphatic carboxylic acids is 1. The van der Waals surface area contributed by atoms with Gasteiger partial charge >= 0.3 is 5.97 Å². The molecule has 1 rings (SSSR count). The quantitative estimate of drug-likeness (QED) is 0.793. The molecule has 4 heteroatoms. The zero-order valence-corrected chi connectivity index (χ0v) is 12.1. The highest BCUT2D eigenvalue weighted by Crippen LogP contribution is 2.24. The molecule has 1 heterocycles. The lowest BCUT2D eigenvalue weighted by Crippen LogP contribution is -2.47. The van der Waals surface area contributed by atoms with Crippen LogP contribution in [0, 0.1) is 11.8 Å². The Kier molecular flexibility index (Phi) is 6.09. The van der Waals surface area contributed by atoms with Crippen LogP contribution in [0.2, 0.25) is 0 Å². The minimum absolute atomic E-state index is 0.146. The second-order valence-corrected chi connectivity index (χ2v) is 6.05. The van der Waals surface area contributed by atoms with Crippen molar-refractivity contribution in [3.05, 3.63) is 0 Å². The minimum atomic E-state index is -0.733. The van der Waals surface area contributed by atoms with Gasteiger partial charge in [-0.15, -0.1) is 0 Å². The summed E-state index contributed by atoms with van der Waals surface area (Å²) in [6.07, 6.45) is 2.17. The van der Waals surface area contributed by atoms with Gasteiger partial charge in [0, 0.05) is 19.2 Å². The van der Waals surface area contributed by atoms with Gasteiger partial charge in [-0.3, -0.25) is 9.69 Å².